The van der Waals surface area contributed by atoms with Crippen LogP contribution in [0.5, 0.6) is 0 Å². The van der Waals surface area contributed by atoms with E-state index in [1.54, 1.807) is 0 Å². The minimum atomic E-state index is -4.91. The standard InChI is InChI=1S/C14H13FN2O5S/c1-16-12(18)5-4-11(14(16)20)17-7-8-2-3-9(23(15,21)22)6-10(8)13(17)19/h2-3,6,11H,4-5,7H2,1H3. The van der Waals surface area contributed by atoms with Crippen LogP contribution < -0.4 is 0 Å². The highest BCUT2D eigenvalue weighted by molar-refractivity contribution is 7.86. The minimum absolute atomic E-state index is 0.0658. The lowest BCUT2D eigenvalue weighted by molar-refractivity contribution is -0.150. The van der Waals surface area contributed by atoms with Crippen LogP contribution in [0.1, 0.15) is 28.8 Å². The van der Waals surface area contributed by atoms with Crippen molar-refractivity contribution >= 4 is 27.9 Å². The molecule has 0 aliphatic carbocycles. The van der Waals surface area contributed by atoms with Gasteiger partial charge in [0.05, 0.1) is 4.90 Å². The molecule has 122 valence electrons. The van der Waals surface area contributed by atoms with Crippen molar-refractivity contribution in [2.75, 3.05) is 7.05 Å². The van der Waals surface area contributed by atoms with Crippen molar-refractivity contribution in [1.82, 2.24) is 9.80 Å². The van der Waals surface area contributed by atoms with E-state index in [9.17, 15) is 26.7 Å². The van der Waals surface area contributed by atoms with Crippen molar-refractivity contribution < 1.29 is 26.7 Å². The topological polar surface area (TPSA) is 91.8 Å². The van der Waals surface area contributed by atoms with E-state index >= 15 is 0 Å². The number of benzene rings is 1. The fourth-order valence-electron chi connectivity index (χ4n) is 2.89. The molecule has 2 heterocycles. The molecular formula is C14H13FN2O5S. The monoisotopic (exact) mass is 340 g/mol. The van der Waals surface area contributed by atoms with E-state index in [1.807, 2.05) is 0 Å². The van der Waals surface area contributed by atoms with Gasteiger partial charge in [0.2, 0.25) is 5.91 Å². The zero-order valence-electron chi connectivity index (χ0n) is 12.2. The number of imide groups is 1. The number of hydrogen-bond acceptors (Lipinski definition) is 5. The van der Waals surface area contributed by atoms with E-state index in [1.165, 1.54) is 18.0 Å². The second-order valence-electron chi connectivity index (χ2n) is 5.54. The molecule has 7 nitrogen and oxygen atoms in total. The van der Waals surface area contributed by atoms with Gasteiger partial charge >= 0.3 is 10.2 Å². The van der Waals surface area contributed by atoms with Gasteiger partial charge in [0, 0.05) is 25.6 Å². The van der Waals surface area contributed by atoms with Gasteiger partial charge in [-0.25, -0.2) is 0 Å². The predicted octanol–water partition coefficient (Wildman–Crippen LogP) is 0.448. The summed E-state index contributed by atoms with van der Waals surface area (Å²) in [6, 6.07) is 2.66. The number of amides is 3. The summed E-state index contributed by atoms with van der Waals surface area (Å²) in [7, 11) is -3.55. The Morgan fingerprint density at radius 2 is 1.91 bits per heavy atom. The Labute approximate surface area is 131 Å². The number of carbonyl (C=O) groups excluding carboxylic acids is 3. The Morgan fingerprint density at radius 1 is 1.22 bits per heavy atom. The number of likely N-dealkylation sites (N-methyl/N-ethyl adjacent to an activating group) is 1. The normalized spacial score (nSPS) is 21.8. The maximum absolute atomic E-state index is 13.1. The van der Waals surface area contributed by atoms with Crippen molar-refractivity contribution in [3.8, 4) is 0 Å². The van der Waals surface area contributed by atoms with Gasteiger partial charge in [-0.1, -0.05) is 6.07 Å². The first-order valence-corrected chi connectivity index (χ1v) is 8.27. The number of carbonyl (C=O) groups is 3. The Kier molecular flexibility index (Phi) is 3.47. The quantitative estimate of drug-likeness (QED) is 0.576. The smallest absolute Gasteiger partial charge is 0.322 e. The van der Waals surface area contributed by atoms with Gasteiger partial charge in [0.25, 0.3) is 11.8 Å². The Bertz CT molecular complexity index is 836. The van der Waals surface area contributed by atoms with Gasteiger partial charge in [-0.05, 0) is 24.1 Å². The Hall–Kier alpha value is -2.29. The molecule has 3 rings (SSSR count). The largest absolute Gasteiger partial charge is 0.332 e. The number of halogens is 1. The van der Waals surface area contributed by atoms with E-state index in [2.05, 4.69) is 0 Å². The summed E-state index contributed by atoms with van der Waals surface area (Å²) in [5, 5.41) is 0. The molecular weight excluding hydrogens is 327 g/mol. The van der Waals surface area contributed by atoms with Gasteiger partial charge in [0.1, 0.15) is 6.04 Å². The van der Waals surface area contributed by atoms with Gasteiger partial charge in [-0.3, -0.25) is 19.3 Å². The molecule has 1 aromatic rings. The van der Waals surface area contributed by atoms with E-state index in [-0.39, 0.29) is 30.9 Å². The molecule has 0 N–H and O–H groups in total. The average molecular weight is 340 g/mol. The summed E-state index contributed by atoms with van der Waals surface area (Å²) >= 11 is 0. The highest BCUT2D eigenvalue weighted by Crippen LogP contribution is 2.30. The zero-order chi connectivity index (χ0) is 16.9. The first kappa shape index (κ1) is 15.6. The molecule has 1 aromatic carbocycles. The van der Waals surface area contributed by atoms with Crippen LogP contribution in [0.4, 0.5) is 3.89 Å². The van der Waals surface area contributed by atoms with E-state index in [0.717, 1.165) is 17.0 Å². The van der Waals surface area contributed by atoms with Crippen molar-refractivity contribution in [1.29, 1.82) is 0 Å². The highest BCUT2D eigenvalue weighted by atomic mass is 32.3. The molecule has 2 aliphatic heterocycles. The van der Waals surface area contributed by atoms with Crippen molar-refractivity contribution in [2.24, 2.45) is 0 Å². The van der Waals surface area contributed by atoms with Crippen LogP contribution in [0, 0.1) is 0 Å². The molecule has 9 heteroatoms. The molecule has 2 aliphatic rings. The van der Waals surface area contributed by atoms with Crippen molar-refractivity contribution in [3.05, 3.63) is 29.3 Å². The fraction of sp³-hybridized carbons (Fsp3) is 0.357. The van der Waals surface area contributed by atoms with Crippen molar-refractivity contribution in [2.45, 2.75) is 30.3 Å². The second kappa shape index (κ2) is 5.12. The van der Waals surface area contributed by atoms with E-state index < -0.39 is 33.0 Å². The lowest BCUT2D eigenvalue weighted by Crippen LogP contribution is -2.53. The summed E-state index contributed by atoms with van der Waals surface area (Å²) in [6.07, 6.45) is 0.368. The van der Waals surface area contributed by atoms with Crippen LogP contribution in [-0.4, -0.2) is 49.0 Å². The van der Waals surface area contributed by atoms with Gasteiger partial charge in [-0.2, -0.15) is 8.42 Å². The summed E-state index contributed by atoms with van der Waals surface area (Å²) in [4.78, 5) is 37.9. The summed E-state index contributed by atoms with van der Waals surface area (Å²) in [6.45, 7) is 0.124. The van der Waals surface area contributed by atoms with Gasteiger partial charge in [-0.15, -0.1) is 3.89 Å². The molecule has 1 atom stereocenters. The predicted molar refractivity (Wildman–Crippen MR) is 75.4 cm³/mol. The molecule has 23 heavy (non-hydrogen) atoms. The van der Waals surface area contributed by atoms with E-state index in [4.69, 9.17) is 0 Å². The fourth-order valence-corrected chi connectivity index (χ4v) is 3.38. The average Bonchev–Trinajstić information content (AvgIpc) is 2.81. The number of rotatable bonds is 2. The zero-order valence-corrected chi connectivity index (χ0v) is 13.0. The summed E-state index contributed by atoms with van der Waals surface area (Å²) < 4.78 is 35.0. The Balaban J connectivity index is 1.92. The molecule has 1 saturated heterocycles. The molecule has 0 spiro atoms. The SMILES string of the molecule is CN1C(=O)CCC(N2Cc3ccc(S(=O)(=O)F)cc3C2=O)C1=O. The molecule has 1 unspecified atom stereocenters. The molecule has 1 fully saturated rings. The lowest BCUT2D eigenvalue weighted by Gasteiger charge is -2.33. The van der Waals surface area contributed by atoms with Crippen LogP contribution in [0.2, 0.25) is 0 Å². The number of hydrogen-bond donors (Lipinski definition) is 0. The summed E-state index contributed by atoms with van der Waals surface area (Å²) in [5.74, 6) is -1.31. The van der Waals surface area contributed by atoms with Gasteiger partial charge in [0.15, 0.2) is 0 Å². The van der Waals surface area contributed by atoms with E-state index in [0.29, 0.717) is 5.56 Å². The van der Waals surface area contributed by atoms with Crippen LogP contribution in [0.15, 0.2) is 23.1 Å². The van der Waals surface area contributed by atoms with Crippen LogP contribution in [0.25, 0.3) is 0 Å². The van der Waals surface area contributed by atoms with Crippen LogP contribution >= 0.6 is 0 Å². The Morgan fingerprint density at radius 3 is 2.57 bits per heavy atom. The summed E-state index contributed by atoms with van der Waals surface area (Å²) in [5.41, 5.74) is 0.589. The first-order chi connectivity index (χ1) is 10.7. The molecule has 0 radical (unpaired) electrons. The molecule has 0 aromatic heterocycles. The minimum Gasteiger partial charge on any atom is -0.322 e. The maximum Gasteiger partial charge on any atom is 0.332 e. The number of fused-ring (bicyclic) bond motifs is 1. The maximum atomic E-state index is 13.1. The van der Waals surface area contributed by atoms with Crippen LogP contribution in [0.3, 0.4) is 0 Å². The van der Waals surface area contributed by atoms with Gasteiger partial charge < -0.3 is 4.90 Å². The molecule has 3 amide bonds. The molecule has 0 bridgehead atoms. The third-order valence-electron chi connectivity index (χ3n) is 4.19. The third kappa shape index (κ3) is 2.50. The number of likely N-dealkylation sites (tertiary alicyclic amines) is 1. The first-order valence-electron chi connectivity index (χ1n) is 6.89. The number of piperidine rings is 1. The van der Waals surface area contributed by atoms with Crippen LogP contribution in [-0.2, 0) is 26.4 Å². The second-order valence-corrected chi connectivity index (χ2v) is 6.88. The highest BCUT2D eigenvalue weighted by Gasteiger charge is 2.41. The third-order valence-corrected chi connectivity index (χ3v) is 5.01. The van der Waals surface area contributed by atoms with Crippen molar-refractivity contribution in [3.63, 3.8) is 0 Å². The number of nitrogens with zero attached hydrogens (tertiary/aromatic N) is 2. The molecule has 0 saturated carbocycles. The lowest BCUT2D eigenvalue weighted by atomic mass is 10.0.